The molecular formula is C50H68S. The highest BCUT2D eigenvalue weighted by Gasteiger charge is 2.45. The molecule has 0 radical (unpaired) electrons. The Labute approximate surface area is 316 Å². The van der Waals surface area contributed by atoms with Gasteiger partial charge in [-0.1, -0.05) is 178 Å². The van der Waals surface area contributed by atoms with Crippen molar-refractivity contribution in [3.63, 3.8) is 0 Å². The van der Waals surface area contributed by atoms with E-state index in [1.54, 1.807) is 27.1 Å². The first-order valence-corrected chi connectivity index (χ1v) is 22.3. The van der Waals surface area contributed by atoms with E-state index in [0.717, 1.165) is 0 Å². The molecule has 0 fully saturated rings. The maximum Gasteiger partial charge on any atom is 0.0389 e. The van der Waals surface area contributed by atoms with Crippen LogP contribution >= 0.6 is 11.3 Å². The molecule has 2 aliphatic rings. The van der Waals surface area contributed by atoms with Crippen LogP contribution in [0.25, 0.3) is 32.7 Å². The molecule has 0 spiro atoms. The van der Waals surface area contributed by atoms with Gasteiger partial charge in [0.15, 0.2) is 0 Å². The molecule has 4 aromatic rings. The van der Waals surface area contributed by atoms with Gasteiger partial charge >= 0.3 is 0 Å². The van der Waals surface area contributed by atoms with Crippen LogP contribution < -0.4 is 0 Å². The average Bonchev–Trinajstić information content (AvgIpc) is 3.74. The van der Waals surface area contributed by atoms with Crippen LogP contribution in [0.1, 0.15) is 189 Å². The van der Waals surface area contributed by atoms with Crippen molar-refractivity contribution in [2.75, 3.05) is 0 Å². The molecule has 6 rings (SSSR count). The Hall–Kier alpha value is -2.64. The summed E-state index contributed by atoms with van der Waals surface area (Å²) in [6.07, 6.45) is 26.4. The van der Waals surface area contributed by atoms with Gasteiger partial charge in [-0.25, -0.2) is 0 Å². The van der Waals surface area contributed by atoms with E-state index in [0.29, 0.717) is 0 Å². The number of fused-ring (bicyclic) bond motifs is 6. The standard InChI is InChI=1S/C50H68S/c1-7-11-15-19-29-49(30-20-16-12-8-2)44-33-37(5)23-26-41(44)42-27-24-39(35-45(42)49)40-25-28-43-46(36-40)50(31-21-17-13-9-3,32-22-18-14-10-4)47-34-38(6)51-48(43)47/h23-28,33-36H,7-22,29-32H2,1-6H3. The number of benzene rings is 3. The summed E-state index contributed by atoms with van der Waals surface area (Å²) in [7, 11) is 0. The predicted octanol–water partition coefficient (Wildman–Crippen LogP) is 16.4. The van der Waals surface area contributed by atoms with E-state index in [4.69, 9.17) is 0 Å². The van der Waals surface area contributed by atoms with Crippen LogP contribution in [0.5, 0.6) is 0 Å². The van der Waals surface area contributed by atoms with Gasteiger partial charge in [-0.15, -0.1) is 11.3 Å². The Balaban J connectivity index is 1.44. The molecule has 0 bridgehead atoms. The summed E-state index contributed by atoms with van der Waals surface area (Å²) in [6, 6.07) is 25.3. The zero-order valence-corrected chi connectivity index (χ0v) is 34.1. The van der Waals surface area contributed by atoms with Gasteiger partial charge in [0, 0.05) is 20.6 Å². The highest BCUT2D eigenvalue weighted by molar-refractivity contribution is 7.15. The molecule has 0 aliphatic heterocycles. The molecule has 0 saturated heterocycles. The van der Waals surface area contributed by atoms with Crippen molar-refractivity contribution < 1.29 is 0 Å². The van der Waals surface area contributed by atoms with E-state index in [9.17, 15) is 0 Å². The molecule has 0 amide bonds. The van der Waals surface area contributed by atoms with E-state index >= 15 is 0 Å². The van der Waals surface area contributed by atoms with E-state index in [1.807, 2.05) is 11.3 Å². The van der Waals surface area contributed by atoms with Crippen LogP contribution in [0.15, 0.2) is 60.7 Å². The number of hydrogen-bond acceptors (Lipinski definition) is 1. The van der Waals surface area contributed by atoms with Gasteiger partial charge in [-0.05, 0) is 108 Å². The highest BCUT2D eigenvalue weighted by Crippen LogP contribution is 2.59. The summed E-state index contributed by atoms with van der Waals surface area (Å²) >= 11 is 2.04. The number of aryl methyl sites for hydroxylation is 2. The molecule has 3 aromatic carbocycles. The monoisotopic (exact) mass is 701 g/mol. The summed E-state index contributed by atoms with van der Waals surface area (Å²) < 4.78 is 0. The van der Waals surface area contributed by atoms with Gasteiger partial charge in [0.25, 0.3) is 0 Å². The topological polar surface area (TPSA) is 0 Å². The second kappa shape index (κ2) is 17.5. The SMILES string of the molecule is CCCCCCC1(CCCCCC)c2cc(C)ccc2-c2ccc(-c3ccc4c(c3)C(CCCCCC)(CCCCCC)c3cc(C)sc3-4)cc21. The Kier molecular flexibility index (Phi) is 13.0. The number of unbranched alkanes of at least 4 members (excludes halogenated alkanes) is 12. The molecule has 0 unspecified atom stereocenters. The van der Waals surface area contributed by atoms with Crippen molar-refractivity contribution in [3.8, 4) is 32.7 Å². The Morgan fingerprint density at radius 3 is 1.31 bits per heavy atom. The molecular weight excluding hydrogens is 633 g/mol. The smallest absolute Gasteiger partial charge is 0.0389 e. The van der Waals surface area contributed by atoms with Gasteiger partial charge in [0.05, 0.1) is 0 Å². The maximum atomic E-state index is 2.68. The maximum absolute atomic E-state index is 2.68. The number of hydrogen-bond donors (Lipinski definition) is 0. The summed E-state index contributed by atoms with van der Waals surface area (Å²) in [5, 5.41) is 0. The summed E-state index contributed by atoms with van der Waals surface area (Å²) in [6.45, 7) is 14.0. The summed E-state index contributed by atoms with van der Waals surface area (Å²) in [5.74, 6) is 0. The minimum Gasteiger partial charge on any atom is -0.140 e. The van der Waals surface area contributed by atoms with Gasteiger partial charge in [0.2, 0.25) is 0 Å². The van der Waals surface area contributed by atoms with Crippen LogP contribution in [-0.2, 0) is 10.8 Å². The van der Waals surface area contributed by atoms with Gasteiger partial charge in [-0.2, -0.15) is 0 Å². The lowest BCUT2D eigenvalue weighted by molar-refractivity contribution is 0.401. The first-order valence-electron chi connectivity index (χ1n) is 21.4. The molecule has 51 heavy (non-hydrogen) atoms. The second-order valence-corrected chi connectivity index (χ2v) is 17.8. The van der Waals surface area contributed by atoms with Crippen molar-refractivity contribution in [1.82, 2.24) is 0 Å². The van der Waals surface area contributed by atoms with Crippen LogP contribution in [0.4, 0.5) is 0 Å². The summed E-state index contributed by atoms with van der Waals surface area (Å²) in [5.41, 5.74) is 15.6. The van der Waals surface area contributed by atoms with Crippen molar-refractivity contribution >= 4 is 11.3 Å². The van der Waals surface area contributed by atoms with E-state index in [-0.39, 0.29) is 10.8 Å². The predicted molar refractivity (Wildman–Crippen MR) is 227 cm³/mol. The van der Waals surface area contributed by atoms with Crippen LogP contribution in [0.3, 0.4) is 0 Å². The molecule has 1 heterocycles. The Morgan fingerprint density at radius 2 is 0.824 bits per heavy atom. The first-order chi connectivity index (χ1) is 24.9. The molecule has 0 N–H and O–H groups in total. The van der Waals surface area contributed by atoms with Crippen LogP contribution in [0.2, 0.25) is 0 Å². The third-order valence-electron chi connectivity index (χ3n) is 12.8. The van der Waals surface area contributed by atoms with Crippen molar-refractivity contribution in [2.45, 2.75) is 181 Å². The quantitative estimate of drug-likeness (QED) is 0.0759. The van der Waals surface area contributed by atoms with Crippen LogP contribution in [-0.4, -0.2) is 0 Å². The minimum atomic E-state index is 0.120. The largest absolute Gasteiger partial charge is 0.140 e. The molecule has 274 valence electrons. The fourth-order valence-electron chi connectivity index (χ4n) is 10.1. The Bertz CT molecular complexity index is 1710. The normalized spacial score (nSPS) is 14.8. The average molecular weight is 701 g/mol. The minimum absolute atomic E-state index is 0.120. The van der Waals surface area contributed by atoms with Gasteiger partial charge in [-0.3, -0.25) is 0 Å². The second-order valence-electron chi connectivity index (χ2n) is 16.6. The van der Waals surface area contributed by atoms with Gasteiger partial charge in [0.1, 0.15) is 0 Å². The van der Waals surface area contributed by atoms with Crippen molar-refractivity contribution in [1.29, 1.82) is 0 Å². The van der Waals surface area contributed by atoms with E-state index in [1.165, 1.54) is 167 Å². The molecule has 0 atom stereocenters. The third-order valence-corrected chi connectivity index (χ3v) is 13.9. The first kappa shape index (κ1) is 38.1. The molecule has 1 aromatic heterocycles. The van der Waals surface area contributed by atoms with E-state index in [2.05, 4.69) is 102 Å². The van der Waals surface area contributed by atoms with Crippen LogP contribution in [0, 0.1) is 13.8 Å². The Morgan fingerprint density at radius 1 is 0.412 bits per heavy atom. The highest BCUT2D eigenvalue weighted by atomic mass is 32.1. The lowest BCUT2D eigenvalue weighted by Crippen LogP contribution is -2.26. The van der Waals surface area contributed by atoms with Crippen molar-refractivity contribution in [3.05, 3.63) is 93.4 Å². The lowest BCUT2D eigenvalue weighted by atomic mass is 9.69. The van der Waals surface area contributed by atoms with E-state index < -0.39 is 0 Å². The molecule has 0 nitrogen and oxygen atoms in total. The zero-order chi connectivity index (χ0) is 35.8. The molecule has 0 saturated carbocycles. The third kappa shape index (κ3) is 7.72. The van der Waals surface area contributed by atoms with Gasteiger partial charge < -0.3 is 0 Å². The molecule has 2 aliphatic carbocycles. The molecule has 1 heteroatoms. The summed E-state index contributed by atoms with van der Waals surface area (Å²) in [4.78, 5) is 3.04. The van der Waals surface area contributed by atoms with Crippen molar-refractivity contribution in [2.24, 2.45) is 0 Å². The number of thiophene rings is 1. The number of rotatable bonds is 21. The zero-order valence-electron chi connectivity index (χ0n) is 33.3. The lowest BCUT2D eigenvalue weighted by Gasteiger charge is -2.34. The fraction of sp³-hybridized carbons (Fsp3) is 0.560. The fourth-order valence-corrected chi connectivity index (χ4v) is 11.2.